The van der Waals surface area contributed by atoms with Crippen molar-refractivity contribution < 1.29 is 4.74 Å². The Balaban J connectivity index is 1.91. The average Bonchev–Trinajstić information content (AvgIpc) is 2.93. The SMILES string of the molecule is CC(C)NCC(C)(C)COc1ncn(-c2ccccc2)n1. The first-order valence-electron chi connectivity index (χ1n) is 7.29. The maximum atomic E-state index is 5.72. The molecule has 1 heterocycles. The second-order valence-corrected chi connectivity index (χ2v) is 6.30. The van der Waals surface area contributed by atoms with Crippen LogP contribution in [0.15, 0.2) is 36.7 Å². The summed E-state index contributed by atoms with van der Waals surface area (Å²) in [6, 6.07) is 10.8. The first-order valence-corrected chi connectivity index (χ1v) is 7.29. The molecule has 0 saturated carbocycles. The van der Waals surface area contributed by atoms with Gasteiger partial charge in [-0.1, -0.05) is 45.9 Å². The Bertz CT molecular complexity index is 548. The van der Waals surface area contributed by atoms with Crippen LogP contribution < -0.4 is 10.1 Å². The second-order valence-electron chi connectivity index (χ2n) is 6.30. The summed E-state index contributed by atoms with van der Waals surface area (Å²) in [5, 5.41) is 7.77. The van der Waals surface area contributed by atoms with Crippen LogP contribution in [-0.4, -0.2) is 34.0 Å². The lowest BCUT2D eigenvalue weighted by Crippen LogP contribution is -2.37. The average molecular weight is 288 g/mol. The van der Waals surface area contributed by atoms with Gasteiger partial charge in [-0.3, -0.25) is 0 Å². The molecule has 2 rings (SSSR count). The zero-order chi connectivity index (χ0) is 15.3. The van der Waals surface area contributed by atoms with Crippen LogP contribution in [0.25, 0.3) is 5.69 Å². The fourth-order valence-electron chi connectivity index (χ4n) is 1.81. The lowest BCUT2D eigenvalue weighted by Gasteiger charge is -2.25. The van der Waals surface area contributed by atoms with E-state index in [-0.39, 0.29) is 5.41 Å². The van der Waals surface area contributed by atoms with E-state index in [9.17, 15) is 0 Å². The Morgan fingerprint density at radius 2 is 1.95 bits per heavy atom. The van der Waals surface area contributed by atoms with E-state index in [1.807, 2.05) is 30.3 Å². The molecule has 21 heavy (non-hydrogen) atoms. The third kappa shape index (κ3) is 4.86. The maximum Gasteiger partial charge on any atom is 0.335 e. The number of aromatic nitrogens is 3. The summed E-state index contributed by atoms with van der Waals surface area (Å²) < 4.78 is 7.44. The smallest absolute Gasteiger partial charge is 0.335 e. The number of hydrogen-bond acceptors (Lipinski definition) is 4. The number of ether oxygens (including phenoxy) is 1. The third-order valence-corrected chi connectivity index (χ3v) is 3.07. The summed E-state index contributed by atoms with van der Waals surface area (Å²) in [7, 11) is 0. The molecule has 0 saturated heterocycles. The number of para-hydroxylation sites is 1. The summed E-state index contributed by atoms with van der Waals surface area (Å²) >= 11 is 0. The zero-order valence-electron chi connectivity index (χ0n) is 13.2. The van der Waals surface area contributed by atoms with Crippen LogP contribution in [0, 0.1) is 5.41 Å². The predicted molar refractivity (Wildman–Crippen MR) is 83.8 cm³/mol. The van der Waals surface area contributed by atoms with Crippen LogP contribution in [0.2, 0.25) is 0 Å². The van der Waals surface area contributed by atoms with Gasteiger partial charge in [0.25, 0.3) is 0 Å². The largest absolute Gasteiger partial charge is 0.462 e. The molecular formula is C16H24N4O. The van der Waals surface area contributed by atoms with Crippen molar-refractivity contribution in [3.05, 3.63) is 36.7 Å². The predicted octanol–water partition coefficient (Wildman–Crippen LogP) is 2.67. The maximum absolute atomic E-state index is 5.72. The third-order valence-electron chi connectivity index (χ3n) is 3.07. The summed E-state index contributed by atoms with van der Waals surface area (Å²) in [6.45, 7) is 10.1. The molecule has 1 aromatic heterocycles. The number of nitrogens with one attached hydrogen (secondary N) is 1. The van der Waals surface area contributed by atoms with Crippen molar-refractivity contribution in [1.82, 2.24) is 20.1 Å². The molecule has 0 fully saturated rings. The quantitative estimate of drug-likeness (QED) is 0.851. The molecular weight excluding hydrogens is 264 g/mol. The molecule has 1 N–H and O–H groups in total. The van der Waals surface area contributed by atoms with Crippen LogP contribution in [-0.2, 0) is 0 Å². The van der Waals surface area contributed by atoms with Crippen LogP contribution >= 0.6 is 0 Å². The number of hydrogen-bond donors (Lipinski definition) is 1. The molecule has 0 amide bonds. The normalized spacial score (nSPS) is 11.9. The van der Waals surface area contributed by atoms with Gasteiger partial charge in [0, 0.05) is 18.0 Å². The first kappa shape index (κ1) is 15.5. The zero-order valence-corrected chi connectivity index (χ0v) is 13.2. The van der Waals surface area contributed by atoms with Crippen molar-refractivity contribution in [3.63, 3.8) is 0 Å². The molecule has 5 heteroatoms. The van der Waals surface area contributed by atoms with Crippen LogP contribution in [0.3, 0.4) is 0 Å². The molecule has 5 nitrogen and oxygen atoms in total. The highest BCUT2D eigenvalue weighted by atomic mass is 16.5. The van der Waals surface area contributed by atoms with E-state index in [2.05, 4.69) is 43.1 Å². The van der Waals surface area contributed by atoms with Gasteiger partial charge in [-0.2, -0.15) is 4.98 Å². The van der Waals surface area contributed by atoms with E-state index in [1.165, 1.54) is 0 Å². The lowest BCUT2D eigenvalue weighted by molar-refractivity contribution is 0.162. The Morgan fingerprint density at radius 3 is 2.62 bits per heavy atom. The molecule has 0 atom stereocenters. The minimum atomic E-state index is 0.0302. The number of benzene rings is 1. The Hall–Kier alpha value is -1.88. The Morgan fingerprint density at radius 1 is 1.24 bits per heavy atom. The van der Waals surface area contributed by atoms with Gasteiger partial charge in [-0.25, -0.2) is 4.68 Å². The van der Waals surface area contributed by atoms with E-state index in [1.54, 1.807) is 11.0 Å². The summed E-state index contributed by atoms with van der Waals surface area (Å²) in [4.78, 5) is 4.20. The highest BCUT2D eigenvalue weighted by Gasteiger charge is 2.20. The van der Waals surface area contributed by atoms with Gasteiger partial charge >= 0.3 is 6.01 Å². The van der Waals surface area contributed by atoms with Crippen molar-refractivity contribution >= 4 is 0 Å². The molecule has 0 bridgehead atoms. The fraction of sp³-hybridized carbons (Fsp3) is 0.500. The van der Waals surface area contributed by atoms with Crippen molar-refractivity contribution in [2.45, 2.75) is 33.7 Å². The van der Waals surface area contributed by atoms with E-state index in [0.29, 0.717) is 18.7 Å². The summed E-state index contributed by atoms with van der Waals surface area (Å²) in [5.74, 6) is 0. The van der Waals surface area contributed by atoms with Gasteiger partial charge in [0.15, 0.2) is 0 Å². The minimum absolute atomic E-state index is 0.0302. The molecule has 0 aliphatic carbocycles. The number of nitrogens with zero attached hydrogens (tertiary/aromatic N) is 3. The minimum Gasteiger partial charge on any atom is -0.462 e. The number of rotatable bonds is 7. The Kier molecular flexibility index (Phi) is 4.96. The first-order chi connectivity index (χ1) is 9.96. The van der Waals surface area contributed by atoms with Crippen molar-refractivity contribution in [2.75, 3.05) is 13.2 Å². The van der Waals surface area contributed by atoms with Gasteiger partial charge in [0.05, 0.1) is 12.3 Å². The van der Waals surface area contributed by atoms with E-state index in [0.717, 1.165) is 12.2 Å². The summed E-state index contributed by atoms with van der Waals surface area (Å²) in [6.07, 6.45) is 1.67. The lowest BCUT2D eigenvalue weighted by atomic mass is 9.94. The molecule has 0 unspecified atom stereocenters. The molecule has 1 aromatic carbocycles. The fourth-order valence-corrected chi connectivity index (χ4v) is 1.81. The highest BCUT2D eigenvalue weighted by molar-refractivity contribution is 5.29. The molecule has 0 radical (unpaired) electrons. The van der Waals surface area contributed by atoms with Crippen molar-refractivity contribution in [1.29, 1.82) is 0 Å². The molecule has 114 valence electrons. The van der Waals surface area contributed by atoms with Crippen LogP contribution in [0.4, 0.5) is 0 Å². The van der Waals surface area contributed by atoms with Crippen molar-refractivity contribution in [3.8, 4) is 11.7 Å². The van der Waals surface area contributed by atoms with Gasteiger partial charge in [0.2, 0.25) is 0 Å². The van der Waals surface area contributed by atoms with Gasteiger partial charge in [-0.15, -0.1) is 5.10 Å². The van der Waals surface area contributed by atoms with E-state index in [4.69, 9.17) is 4.74 Å². The molecule has 2 aromatic rings. The molecule has 0 spiro atoms. The van der Waals surface area contributed by atoms with Crippen molar-refractivity contribution in [2.24, 2.45) is 5.41 Å². The molecule has 0 aliphatic heterocycles. The second kappa shape index (κ2) is 6.72. The monoisotopic (exact) mass is 288 g/mol. The van der Waals surface area contributed by atoms with Gasteiger partial charge < -0.3 is 10.1 Å². The van der Waals surface area contributed by atoms with Gasteiger partial charge in [0.1, 0.15) is 6.33 Å². The van der Waals surface area contributed by atoms with E-state index >= 15 is 0 Å². The van der Waals surface area contributed by atoms with Crippen LogP contribution in [0.5, 0.6) is 6.01 Å². The molecule has 0 aliphatic rings. The topological polar surface area (TPSA) is 52.0 Å². The van der Waals surface area contributed by atoms with Crippen LogP contribution in [0.1, 0.15) is 27.7 Å². The summed E-state index contributed by atoms with van der Waals surface area (Å²) in [5.41, 5.74) is 1.00. The standard InChI is InChI=1S/C16H24N4O/c1-13(2)17-10-16(3,4)11-21-15-18-12-20(19-15)14-8-6-5-7-9-14/h5-9,12-13,17H,10-11H2,1-4H3. The van der Waals surface area contributed by atoms with E-state index < -0.39 is 0 Å². The van der Waals surface area contributed by atoms with Gasteiger partial charge in [-0.05, 0) is 12.1 Å². The highest BCUT2D eigenvalue weighted by Crippen LogP contribution is 2.16. The Labute approximate surface area is 126 Å².